The fraction of sp³-hybridized carbons (Fsp3) is 0.241. The van der Waals surface area contributed by atoms with Crippen LogP contribution in [0.3, 0.4) is 0 Å². The van der Waals surface area contributed by atoms with Gasteiger partial charge in [-0.25, -0.2) is 4.79 Å². The Kier molecular flexibility index (Phi) is 7.05. The topological polar surface area (TPSA) is 43.4 Å². The molecule has 0 bridgehead atoms. The minimum Gasteiger partial charge on any atom is -0.456 e. The average molecular weight is 457 g/mol. The summed E-state index contributed by atoms with van der Waals surface area (Å²) in [5.74, 6) is -0.249. The Bertz CT molecular complexity index is 1300. The van der Waals surface area contributed by atoms with Gasteiger partial charge in [0.15, 0.2) is 0 Å². The minimum absolute atomic E-state index is 0.148. The van der Waals surface area contributed by atoms with Crippen molar-refractivity contribution in [3.05, 3.63) is 105 Å². The Morgan fingerprint density at radius 1 is 0.909 bits per heavy atom. The Morgan fingerprint density at radius 2 is 1.70 bits per heavy atom. The van der Waals surface area contributed by atoms with Crippen molar-refractivity contribution >= 4 is 33.9 Å². The zero-order chi connectivity index (χ0) is 23.4. The summed E-state index contributed by atoms with van der Waals surface area (Å²) in [5.41, 5.74) is 3.66. The lowest BCUT2D eigenvalue weighted by Gasteiger charge is -2.12. The van der Waals surface area contributed by atoms with Gasteiger partial charge < -0.3 is 4.74 Å². The summed E-state index contributed by atoms with van der Waals surface area (Å²) in [5, 5.41) is 2.33. The molecule has 0 fully saturated rings. The second-order valence-corrected chi connectivity index (χ2v) is 9.68. The number of ether oxygens (including phenoxy) is 1. The molecule has 0 radical (unpaired) electrons. The highest BCUT2D eigenvalue weighted by Crippen LogP contribution is 2.30. The van der Waals surface area contributed by atoms with Crippen LogP contribution in [0.4, 0.5) is 0 Å². The number of carbonyl (C=O) groups is 2. The number of rotatable bonds is 8. The van der Waals surface area contributed by atoms with Crippen LogP contribution in [0, 0.1) is 13.8 Å². The predicted molar refractivity (Wildman–Crippen MR) is 135 cm³/mol. The molecule has 0 saturated carbocycles. The summed E-state index contributed by atoms with van der Waals surface area (Å²) in [6, 6.07) is 24.1. The number of ketones is 1. The maximum Gasteiger partial charge on any atom is 0.338 e. The van der Waals surface area contributed by atoms with Crippen LogP contribution in [0.1, 0.15) is 56.1 Å². The molecule has 0 N–H and O–H groups in total. The normalized spacial score (nSPS) is 12.0. The quantitative estimate of drug-likeness (QED) is 0.264. The lowest BCUT2D eigenvalue weighted by molar-refractivity contribution is -0.119. The van der Waals surface area contributed by atoms with Gasteiger partial charge in [-0.15, -0.1) is 11.3 Å². The summed E-state index contributed by atoms with van der Waals surface area (Å²) >= 11 is 1.55. The molecule has 1 aromatic heterocycles. The van der Waals surface area contributed by atoms with Crippen molar-refractivity contribution in [3.63, 3.8) is 0 Å². The zero-order valence-electron chi connectivity index (χ0n) is 19.3. The van der Waals surface area contributed by atoms with E-state index in [1.165, 1.54) is 5.39 Å². The van der Waals surface area contributed by atoms with Gasteiger partial charge in [-0.3, -0.25) is 4.79 Å². The fourth-order valence-corrected chi connectivity index (χ4v) is 5.31. The number of esters is 1. The van der Waals surface area contributed by atoms with E-state index in [0.29, 0.717) is 12.0 Å². The van der Waals surface area contributed by atoms with Crippen LogP contribution >= 0.6 is 11.3 Å². The van der Waals surface area contributed by atoms with Crippen LogP contribution in [0.15, 0.2) is 72.8 Å². The van der Waals surface area contributed by atoms with Crippen molar-refractivity contribution in [2.45, 2.75) is 46.1 Å². The first-order valence-corrected chi connectivity index (χ1v) is 12.1. The number of fused-ring (bicyclic) bond motifs is 1. The molecule has 1 heterocycles. The molecule has 0 saturated heterocycles. The summed E-state index contributed by atoms with van der Waals surface area (Å²) < 4.78 is 5.55. The van der Waals surface area contributed by atoms with Gasteiger partial charge in [-0.2, -0.15) is 0 Å². The summed E-state index contributed by atoms with van der Waals surface area (Å²) in [6.07, 6.45) is 1.16. The molecule has 4 aromatic rings. The number of Topliss-reactive ketones (excluding diaryl/α,β-unsaturated/α-hetero) is 1. The molecule has 4 heteroatoms. The number of benzene rings is 3. The zero-order valence-corrected chi connectivity index (χ0v) is 20.1. The average Bonchev–Trinajstić information content (AvgIpc) is 3.26. The van der Waals surface area contributed by atoms with Crippen molar-refractivity contribution in [3.8, 4) is 0 Å². The standard InChI is InChI=1S/C29H28O3S/c1-4-25(27(30)17-21-10-11-22-7-5-6-8-23(22)16-21)28-14-12-24(33-28)18-32-29(31)26-13-9-19(2)15-20(26)3/h5-16,25H,4,17-18H2,1-3H3. The molecule has 0 amide bonds. The number of hydrogen-bond donors (Lipinski definition) is 0. The number of hydrogen-bond acceptors (Lipinski definition) is 4. The Balaban J connectivity index is 1.41. The minimum atomic E-state index is -0.318. The molecule has 0 spiro atoms. The van der Waals surface area contributed by atoms with Gasteiger partial charge in [0.1, 0.15) is 12.4 Å². The van der Waals surface area contributed by atoms with Crippen molar-refractivity contribution in [2.75, 3.05) is 0 Å². The largest absolute Gasteiger partial charge is 0.456 e. The van der Waals surface area contributed by atoms with Crippen molar-refractivity contribution < 1.29 is 14.3 Å². The van der Waals surface area contributed by atoms with E-state index >= 15 is 0 Å². The molecule has 0 aliphatic heterocycles. The number of aryl methyl sites for hydroxylation is 2. The van der Waals surface area contributed by atoms with E-state index in [9.17, 15) is 9.59 Å². The molecule has 4 rings (SSSR count). The second kappa shape index (κ2) is 10.1. The molecule has 3 aromatic carbocycles. The first-order chi connectivity index (χ1) is 15.9. The van der Waals surface area contributed by atoms with E-state index < -0.39 is 0 Å². The van der Waals surface area contributed by atoms with Crippen molar-refractivity contribution in [1.29, 1.82) is 0 Å². The molecule has 3 nitrogen and oxygen atoms in total. The smallest absolute Gasteiger partial charge is 0.338 e. The highest BCUT2D eigenvalue weighted by Gasteiger charge is 2.21. The van der Waals surface area contributed by atoms with E-state index in [-0.39, 0.29) is 24.3 Å². The van der Waals surface area contributed by atoms with E-state index in [1.807, 2.05) is 69.3 Å². The van der Waals surface area contributed by atoms with Crippen molar-refractivity contribution in [1.82, 2.24) is 0 Å². The van der Waals surface area contributed by atoms with Crippen LogP contribution in [-0.4, -0.2) is 11.8 Å². The SMILES string of the molecule is CCC(C(=O)Cc1ccc2ccccc2c1)c1ccc(COC(=O)c2ccc(C)cc2C)s1. The highest BCUT2D eigenvalue weighted by molar-refractivity contribution is 7.12. The lowest BCUT2D eigenvalue weighted by atomic mass is 9.93. The van der Waals surface area contributed by atoms with Crippen LogP contribution in [-0.2, 0) is 22.6 Å². The maximum atomic E-state index is 13.1. The third kappa shape index (κ3) is 5.40. The van der Waals surface area contributed by atoms with Crippen LogP contribution in [0.5, 0.6) is 0 Å². The molecule has 168 valence electrons. The predicted octanol–water partition coefficient (Wildman–Crippen LogP) is 7.18. The third-order valence-electron chi connectivity index (χ3n) is 5.96. The van der Waals surface area contributed by atoms with Gasteiger partial charge in [0.25, 0.3) is 0 Å². The monoisotopic (exact) mass is 456 g/mol. The van der Waals surface area contributed by atoms with E-state index in [0.717, 1.165) is 38.3 Å². The lowest BCUT2D eigenvalue weighted by Crippen LogP contribution is -2.13. The first-order valence-electron chi connectivity index (χ1n) is 11.3. The van der Waals surface area contributed by atoms with Crippen LogP contribution in [0.2, 0.25) is 0 Å². The van der Waals surface area contributed by atoms with Gasteiger partial charge in [-0.05, 0) is 60.4 Å². The second-order valence-electron chi connectivity index (χ2n) is 8.48. The third-order valence-corrected chi connectivity index (χ3v) is 7.13. The van der Waals surface area contributed by atoms with E-state index in [2.05, 4.69) is 24.3 Å². The summed E-state index contributed by atoms with van der Waals surface area (Å²) in [6.45, 7) is 6.18. The van der Waals surface area contributed by atoms with Gasteiger partial charge >= 0.3 is 5.97 Å². The molecular weight excluding hydrogens is 428 g/mol. The van der Waals surface area contributed by atoms with E-state index in [4.69, 9.17) is 4.74 Å². The molecule has 1 unspecified atom stereocenters. The highest BCUT2D eigenvalue weighted by atomic mass is 32.1. The van der Waals surface area contributed by atoms with Gasteiger partial charge in [0.05, 0.1) is 11.5 Å². The number of thiophene rings is 1. The Morgan fingerprint density at radius 3 is 2.45 bits per heavy atom. The summed E-state index contributed by atoms with van der Waals surface area (Å²) in [4.78, 5) is 27.6. The molecular formula is C29H28O3S. The van der Waals surface area contributed by atoms with Crippen molar-refractivity contribution in [2.24, 2.45) is 0 Å². The van der Waals surface area contributed by atoms with Gasteiger partial charge in [0.2, 0.25) is 0 Å². The molecule has 33 heavy (non-hydrogen) atoms. The Labute approximate surface area is 199 Å². The van der Waals surface area contributed by atoms with Gasteiger partial charge in [0, 0.05) is 16.2 Å². The first kappa shape index (κ1) is 22.9. The van der Waals surface area contributed by atoms with Crippen LogP contribution < -0.4 is 0 Å². The fourth-order valence-electron chi connectivity index (χ4n) is 4.18. The molecule has 1 atom stereocenters. The number of carbonyl (C=O) groups excluding carboxylic acids is 2. The molecule has 0 aliphatic rings. The van der Waals surface area contributed by atoms with Crippen LogP contribution in [0.25, 0.3) is 10.8 Å². The van der Waals surface area contributed by atoms with Gasteiger partial charge in [-0.1, -0.05) is 67.1 Å². The Hall–Kier alpha value is -3.24. The molecule has 0 aliphatic carbocycles. The maximum absolute atomic E-state index is 13.1. The summed E-state index contributed by atoms with van der Waals surface area (Å²) in [7, 11) is 0. The van der Waals surface area contributed by atoms with E-state index in [1.54, 1.807) is 11.3 Å².